The summed E-state index contributed by atoms with van der Waals surface area (Å²) >= 11 is 12.3. The van der Waals surface area contributed by atoms with Crippen molar-refractivity contribution in [2.75, 3.05) is 20.8 Å². The molecule has 2 aromatic carbocycles. The van der Waals surface area contributed by atoms with E-state index < -0.39 is 6.04 Å². The number of amides is 2. The summed E-state index contributed by atoms with van der Waals surface area (Å²) in [5.41, 5.74) is 0.664. The van der Waals surface area contributed by atoms with Crippen molar-refractivity contribution in [3.05, 3.63) is 52.0 Å². The normalized spacial score (nSPS) is 11.6. The van der Waals surface area contributed by atoms with Crippen LogP contribution >= 0.6 is 23.2 Å². The van der Waals surface area contributed by atoms with E-state index >= 15 is 0 Å². The minimum Gasteiger partial charge on any atom is -0.496 e. The maximum absolute atomic E-state index is 13.1. The van der Waals surface area contributed by atoms with E-state index in [4.69, 9.17) is 37.4 Å². The van der Waals surface area contributed by atoms with Crippen LogP contribution in [0.25, 0.3) is 0 Å². The van der Waals surface area contributed by atoms with Crippen LogP contribution in [0, 0.1) is 0 Å². The Morgan fingerprint density at radius 2 is 1.56 bits per heavy atom. The molecule has 0 bridgehead atoms. The molecule has 1 atom stereocenters. The maximum atomic E-state index is 13.1. The molecule has 0 radical (unpaired) electrons. The molecule has 0 aromatic heterocycles. The summed E-state index contributed by atoms with van der Waals surface area (Å²) < 4.78 is 16.1. The molecule has 0 aliphatic rings. The summed E-state index contributed by atoms with van der Waals surface area (Å²) in [5, 5.41) is 3.72. The molecular weight excluding hydrogens is 455 g/mol. The highest BCUT2D eigenvalue weighted by Crippen LogP contribution is 2.28. The number of halogens is 2. The van der Waals surface area contributed by atoms with Gasteiger partial charge in [0.15, 0.2) is 6.61 Å². The lowest BCUT2D eigenvalue weighted by atomic mass is 10.1. The summed E-state index contributed by atoms with van der Waals surface area (Å²) in [6, 6.07) is 9.17. The largest absolute Gasteiger partial charge is 0.496 e. The third-order valence-corrected chi connectivity index (χ3v) is 5.23. The van der Waals surface area contributed by atoms with Gasteiger partial charge in [0.2, 0.25) is 5.91 Å². The van der Waals surface area contributed by atoms with E-state index in [0.717, 1.165) is 0 Å². The van der Waals surface area contributed by atoms with E-state index in [2.05, 4.69) is 5.32 Å². The molecule has 0 heterocycles. The minimum absolute atomic E-state index is 0.0680. The van der Waals surface area contributed by atoms with E-state index in [1.54, 1.807) is 43.3 Å². The average Bonchev–Trinajstić information content (AvgIpc) is 2.75. The number of ether oxygens (including phenoxy) is 3. The number of hydrogen-bond donors (Lipinski definition) is 1. The molecule has 174 valence electrons. The van der Waals surface area contributed by atoms with Gasteiger partial charge in [-0.3, -0.25) is 9.59 Å². The van der Waals surface area contributed by atoms with Crippen molar-refractivity contribution < 1.29 is 23.8 Å². The highest BCUT2D eigenvalue weighted by molar-refractivity contribution is 6.35. The van der Waals surface area contributed by atoms with Crippen LogP contribution in [0.1, 0.15) is 26.3 Å². The van der Waals surface area contributed by atoms with Crippen LogP contribution in [-0.2, 0) is 16.1 Å². The van der Waals surface area contributed by atoms with Gasteiger partial charge in [-0.25, -0.2) is 0 Å². The Balaban J connectivity index is 2.23. The van der Waals surface area contributed by atoms with Gasteiger partial charge in [0.1, 0.15) is 23.3 Å². The van der Waals surface area contributed by atoms with Crippen molar-refractivity contribution >= 4 is 35.0 Å². The fraction of sp³-hybridized carbons (Fsp3) is 0.391. The minimum atomic E-state index is -0.750. The number of carbonyl (C=O) groups is 2. The number of hydrogen-bond acceptors (Lipinski definition) is 5. The fourth-order valence-corrected chi connectivity index (χ4v) is 3.38. The second-order valence-electron chi connectivity index (χ2n) is 7.43. The Kier molecular flexibility index (Phi) is 9.47. The number of rotatable bonds is 10. The molecule has 1 N–H and O–H groups in total. The Hall–Kier alpha value is -2.64. The van der Waals surface area contributed by atoms with Crippen LogP contribution in [0.2, 0.25) is 10.0 Å². The average molecular weight is 483 g/mol. The molecule has 0 saturated heterocycles. The maximum Gasteiger partial charge on any atom is 0.261 e. The van der Waals surface area contributed by atoms with Crippen LogP contribution in [0.15, 0.2) is 36.4 Å². The molecule has 2 rings (SSSR count). The number of benzene rings is 2. The molecule has 0 saturated carbocycles. The third kappa shape index (κ3) is 7.21. The van der Waals surface area contributed by atoms with Crippen LogP contribution in [0.5, 0.6) is 17.2 Å². The molecule has 2 aromatic rings. The molecule has 0 aliphatic carbocycles. The number of nitrogens with one attached hydrogen (secondary N) is 1. The zero-order valence-corrected chi connectivity index (χ0v) is 20.3. The molecule has 0 spiro atoms. The van der Waals surface area contributed by atoms with E-state index in [1.165, 1.54) is 19.1 Å². The van der Waals surface area contributed by atoms with Crippen molar-refractivity contribution in [1.82, 2.24) is 10.2 Å². The molecule has 0 aliphatic heterocycles. The predicted octanol–water partition coefficient (Wildman–Crippen LogP) is 4.33. The lowest BCUT2D eigenvalue weighted by molar-refractivity contribution is -0.142. The zero-order valence-electron chi connectivity index (χ0n) is 18.8. The van der Waals surface area contributed by atoms with Crippen molar-refractivity contribution in [2.24, 2.45) is 0 Å². The van der Waals surface area contributed by atoms with Crippen molar-refractivity contribution in [1.29, 1.82) is 0 Å². The van der Waals surface area contributed by atoms with Gasteiger partial charge < -0.3 is 24.4 Å². The first kappa shape index (κ1) is 25.6. The summed E-state index contributed by atoms with van der Waals surface area (Å²) in [6.07, 6.45) is 0. The monoisotopic (exact) mass is 482 g/mol. The summed E-state index contributed by atoms with van der Waals surface area (Å²) in [5.74, 6) is 0.798. The lowest BCUT2D eigenvalue weighted by Gasteiger charge is -2.29. The second-order valence-corrected chi connectivity index (χ2v) is 8.28. The number of nitrogens with zero attached hydrogens (tertiary/aromatic N) is 1. The highest BCUT2D eigenvalue weighted by atomic mass is 35.5. The Labute approximate surface area is 198 Å². The van der Waals surface area contributed by atoms with Crippen LogP contribution in [0.4, 0.5) is 0 Å². The number of methoxy groups -OCH3 is 2. The van der Waals surface area contributed by atoms with E-state index in [0.29, 0.717) is 32.9 Å². The van der Waals surface area contributed by atoms with E-state index in [1.807, 2.05) is 13.8 Å². The zero-order chi connectivity index (χ0) is 23.8. The van der Waals surface area contributed by atoms with E-state index in [-0.39, 0.29) is 31.0 Å². The van der Waals surface area contributed by atoms with Gasteiger partial charge >= 0.3 is 0 Å². The summed E-state index contributed by atoms with van der Waals surface area (Å²) in [6.45, 7) is 5.19. The standard InChI is InChI=1S/C23H28Cl2N2O5/c1-14(2)26-23(29)15(3)27(12-16-6-7-17(24)8-21(16)25)22(28)13-32-20-10-18(30-4)9-19(11-20)31-5/h6-11,14-15H,12-13H2,1-5H3,(H,26,29). The van der Waals surface area contributed by atoms with Gasteiger partial charge in [-0.1, -0.05) is 29.3 Å². The van der Waals surface area contributed by atoms with Crippen molar-refractivity contribution in [2.45, 2.75) is 39.4 Å². The van der Waals surface area contributed by atoms with Gasteiger partial charge in [0.05, 0.1) is 14.2 Å². The van der Waals surface area contributed by atoms with Gasteiger partial charge in [-0.05, 0) is 38.5 Å². The Bertz CT molecular complexity index is 930. The smallest absolute Gasteiger partial charge is 0.261 e. The summed E-state index contributed by atoms with van der Waals surface area (Å²) in [4.78, 5) is 27.2. The highest BCUT2D eigenvalue weighted by Gasteiger charge is 2.27. The predicted molar refractivity (Wildman–Crippen MR) is 125 cm³/mol. The first-order chi connectivity index (χ1) is 15.1. The Morgan fingerprint density at radius 1 is 0.969 bits per heavy atom. The molecule has 0 fully saturated rings. The topological polar surface area (TPSA) is 77.1 Å². The molecule has 32 heavy (non-hydrogen) atoms. The van der Waals surface area contributed by atoms with Crippen molar-refractivity contribution in [3.63, 3.8) is 0 Å². The van der Waals surface area contributed by atoms with Gasteiger partial charge in [0, 0.05) is 40.8 Å². The fourth-order valence-electron chi connectivity index (χ4n) is 2.91. The van der Waals surface area contributed by atoms with Crippen LogP contribution < -0.4 is 19.5 Å². The van der Waals surface area contributed by atoms with Gasteiger partial charge in [-0.15, -0.1) is 0 Å². The molecule has 9 heteroatoms. The van der Waals surface area contributed by atoms with Crippen LogP contribution in [0.3, 0.4) is 0 Å². The molecular formula is C23H28Cl2N2O5. The molecule has 1 unspecified atom stereocenters. The lowest BCUT2D eigenvalue weighted by Crippen LogP contribution is -2.50. The molecule has 7 nitrogen and oxygen atoms in total. The number of carbonyl (C=O) groups excluding carboxylic acids is 2. The SMILES string of the molecule is COc1cc(OC)cc(OCC(=O)N(Cc2ccc(Cl)cc2Cl)C(C)C(=O)NC(C)C)c1. The first-order valence-electron chi connectivity index (χ1n) is 10.0. The molecule has 2 amide bonds. The van der Waals surface area contributed by atoms with Crippen molar-refractivity contribution in [3.8, 4) is 17.2 Å². The second kappa shape index (κ2) is 11.8. The van der Waals surface area contributed by atoms with Gasteiger partial charge in [-0.2, -0.15) is 0 Å². The Morgan fingerprint density at radius 3 is 2.09 bits per heavy atom. The summed E-state index contributed by atoms with van der Waals surface area (Å²) in [7, 11) is 3.05. The first-order valence-corrected chi connectivity index (χ1v) is 10.8. The van der Waals surface area contributed by atoms with Gasteiger partial charge in [0.25, 0.3) is 5.91 Å². The van der Waals surface area contributed by atoms with Crippen LogP contribution in [-0.4, -0.2) is 49.6 Å². The van der Waals surface area contributed by atoms with E-state index in [9.17, 15) is 9.59 Å². The quantitative estimate of drug-likeness (QED) is 0.545. The third-order valence-electron chi connectivity index (χ3n) is 4.64.